The number of nitrogens with zero attached hydrogens (tertiary/aromatic N) is 9. The summed E-state index contributed by atoms with van der Waals surface area (Å²) in [6.45, 7) is 5.09. The van der Waals surface area contributed by atoms with Crippen molar-refractivity contribution < 1.29 is 47.3 Å². The second kappa shape index (κ2) is 25.4. The number of hydrogen-bond donors (Lipinski definition) is 4. The standard InChI is InChI=1S/2C16H13FN2O2.C15H10F2N2O2.C15H10FN3O4/c1-10-2-4-11(5-3-10)9-19-14-7-6-12(17)8-13(14)15(18-21)16(19)20;1-10-3-2-4-11(7-10)9-19-14-6-5-12(17)8-13(14)15(18-21)16(19)20;16-10-3-1-9(2-4-10)8-19-13-6-5-11(17)7-12(13)14(18-21)15(19)20;16-10-3-6-13-12(7-10)14(17-21)15(20)18(13)8-9-1-4-11(5-2-9)19(22)23/h2*2-8,20H,9H2,1H3;1-7,20H,8H2;1-7,20H,8H2. The van der Waals surface area contributed by atoms with E-state index in [1.807, 2.05) is 62.4 Å². The Hall–Kier alpha value is -11.4. The van der Waals surface area contributed by atoms with Gasteiger partial charge in [0, 0.05) is 33.7 Å². The molecule has 0 aliphatic carbocycles. The van der Waals surface area contributed by atoms with Crippen molar-refractivity contribution in [3.05, 3.63) is 262 Å². The molecule has 24 heteroatoms. The van der Waals surface area contributed by atoms with Gasteiger partial charge in [-0.15, -0.1) is 19.6 Å². The van der Waals surface area contributed by atoms with Crippen LogP contribution in [0.2, 0.25) is 0 Å². The number of aryl methyl sites for hydroxylation is 2. The maximum atomic E-state index is 13.3. The molecule has 0 fully saturated rings. The fourth-order valence-corrected chi connectivity index (χ4v) is 9.73. The smallest absolute Gasteiger partial charge is 0.269 e. The van der Waals surface area contributed by atoms with E-state index in [0.717, 1.165) is 39.9 Å². The number of fused-ring (bicyclic) bond motifs is 4. The van der Waals surface area contributed by atoms with E-state index in [9.17, 15) is 72.1 Å². The molecule has 0 aliphatic heterocycles. The Morgan fingerprint density at radius 1 is 0.372 bits per heavy atom. The van der Waals surface area contributed by atoms with Gasteiger partial charge in [-0.2, -0.15) is 0 Å². The van der Waals surface area contributed by atoms with Crippen LogP contribution in [-0.4, -0.2) is 43.6 Å². The van der Waals surface area contributed by atoms with Gasteiger partial charge in [-0.1, -0.05) is 83.9 Å². The number of nitro benzene ring substituents is 1. The molecule has 0 saturated heterocycles. The minimum Gasteiger partial charge on any atom is -0.493 e. The summed E-state index contributed by atoms with van der Waals surface area (Å²) >= 11 is 0. The number of rotatable bonds is 13. The molecule has 86 heavy (non-hydrogen) atoms. The molecular formula is C62H46F5N9O10. The molecule has 12 aromatic rings. The summed E-state index contributed by atoms with van der Waals surface area (Å²) in [4.78, 5) is 53.8. The summed E-state index contributed by atoms with van der Waals surface area (Å²) < 4.78 is 72.1. The van der Waals surface area contributed by atoms with Gasteiger partial charge in [0.25, 0.3) is 5.69 Å². The number of hydrogen-bond acceptors (Lipinski definition) is 14. The topological polar surface area (TPSA) is 261 Å². The van der Waals surface area contributed by atoms with Crippen LogP contribution in [0.3, 0.4) is 0 Å². The minimum atomic E-state index is -0.546. The van der Waals surface area contributed by atoms with E-state index in [1.54, 1.807) is 33.4 Å². The Morgan fingerprint density at radius 2 is 0.663 bits per heavy atom. The number of benzene rings is 8. The van der Waals surface area contributed by atoms with E-state index in [0.29, 0.717) is 51.5 Å². The van der Waals surface area contributed by atoms with Crippen LogP contribution < -0.4 is 0 Å². The summed E-state index contributed by atoms with van der Waals surface area (Å²) in [6, 6.07) is 42.8. The van der Waals surface area contributed by atoms with Crippen LogP contribution in [0.15, 0.2) is 191 Å². The largest absolute Gasteiger partial charge is 0.493 e. The van der Waals surface area contributed by atoms with Crippen LogP contribution in [-0.2, 0) is 26.2 Å². The number of halogens is 5. The molecule has 0 amide bonds. The maximum absolute atomic E-state index is 13.3. The van der Waals surface area contributed by atoms with Crippen LogP contribution in [0, 0.1) is 72.7 Å². The lowest BCUT2D eigenvalue weighted by Gasteiger charge is -2.08. The Bertz CT molecular complexity index is 4420. The van der Waals surface area contributed by atoms with Gasteiger partial charge in [0.1, 0.15) is 29.1 Å². The van der Waals surface area contributed by atoms with Crippen LogP contribution in [0.25, 0.3) is 43.6 Å². The molecule has 0 unspecified atom stereocenters. The fourth-order valence-electron chi connectivity index (χ4n) is 9.73. The summed E-state index contributed by atoms with van der Waals surface area (Å²) in [5.74, 6) is -3.58. The first-order chi connectivity index (χ1) is 41.3. The third-order valence-corrected chi connectivity index (χ3v) is 13.9. The van der Waals surface area contributed by atoms with E-state index in [-0.39, 0.29) is 81.6 Å². The molecule has 4 aromatic heterocycles. The van der Waals surface area contributed by atoms with Gasteiger partial charge in [-0.25, -0.2) is 22.0 Å². The van der Waals surface area contributed by atoms with Crippen molar-refractivity contribution in [2.45, 2.75) is 40.0 Å². The highest BCUT2D eigenvalue weighted by atomic mass is 19.1. The Morgan fingerprint density at radius 3 is 0.965 bits per heavy atom. The average molecular weight is 1170 g/mol. The normalized spacial score (nSPS) is 10.9. The molecule has 0 bridgehead atoms. The zero-order valence-electron chi connectivity index (χ0n) is 45.1. The predicted molar refractivity (Wildman–Crippen MR) is 314 cm³/mol. The van der Waals surface area contributed by atoms with Crippen LogP contribution in [0.4, 0.5) is 50.4 Å². The number of non-ortho nitro benzene ring substituents is 1. The second-order valence-corrected chi connectivity index (χ2v) is 19.6. The number of nitro groups is 1. The average Bonchev–Trinajstić information content (AvgIpc) is 1.84. The molecule has 0 radical (unpaired) electrons. The molecule has 4 heterocycles. The molecule has 0 aliphatic rings. The van der Waals surface area contributed by atoms with Gasteiger partial charge < -0.3 is 38.7 Å². The quantitative estimate of drug-likeness (QED) is 0.0367. The van der Waals surface area contributed by atoms with E-state index in [2.05, 4.69) is 20.7 Å². The highest BCUT2D eigenvalue weighted by molar-refractivity contribution is 5.97. The summed E-state index contributed by atoms with van der Waals surface area (Å²) in [7, 11) is 0. The molecule has 0 spiro atoms. The van der Waals surface area contributed by atoms with Crippen LogP contribution in [0.5, 0.6) is 23.5 Å². The third kappa shape index (κ3) is 12.5. The van der Waals surface area contributed by atoms with Gasteiger partial charge in [0.2, 0.25) is 23.5 Å². The maximum Gasteiger partial charge on any atom is 0.269 e. The van der Waals surface area contributed by atoms with Gasteiger partial charge >= 0.3 is 0 Å². The van der Waals surface area contributed by atoms with Gasteiger partial charge in [0.05, 0.1) is 53.2 Å². The molecular weight excluding hydrogens is 1130 g/mol. The monoisotopic (exact) mass is 1170 g/mol. The zero-order chi connectivity index (χ0) is 61.5. The van der Waals surface area contributed by atoms with Crippen molar-refractivity contribution in [3.8, 4) is 23.5 Å². The SMILES string of the molecule is Cc1ccc(Cn2c(O)c(N=O)c3cc(F)ccc32)cc1.Cc1cccc(Cn2c(O)c(N=O)c3cc(F)ccc32)c1.O=Nc1c(O)n(Cc2ccc(F)cc2)c2ccc(F)cc12.O=Nc1c(O)n(Cc2ccc([N+](=O)[O-])cc2)c2ccc(F)cc12. The Balaban J connectivity index is 0.000000137. The summed E-state index contributed by atoms with van der Waals surface area (Å²) in [5.41, 5.74) is 6.91. The highest BCUT2D eigenvalue weighted by Crippen LogP contribution is 2.43. The Labute approximate surface area is 482 Å². The van der Waals surface area contributed by atoms with Crippen molar-refractivity contribution in [2.75, 3.05) is 0 Å². The van der Waals surface area contributed by atoms with Gasteiger partial charge in [-0.05, 0) is 142 Å². The van der Waals surface area contributed by atoms with Gasteiger partial charge in [0.15, 0.2) is 22.7 Å². The van der Waals surface area contributed by atoms with Crippen molar-refractivity contribution >= 4 is 72.0 Å². The second-order valence-electron chi connectivity index (χ2n) is 19.6. The molecule has 0 atom stereocenters. The number of nitroso groups, excluding NO2 is 4. The molecule has 19 nitrogen and oxygen atoms in total. The zero-order valence-corrected chi connectivity index (χ0v) is 45.1. The molecule has 434 valence electrons. The van der Waals surface area contributed by atoms with E-state index in [1.165, 1.54) is 94.1 Å². The van der Waals surface area contributed by atoms with Crippen molar-refractivity contribution in [1.82, 2.24) is 18.3 Å². The van der Waals surface area contributed by atoms with Crippen molar-refractivity contribution in [2.24, 2.45) is 20.7 Å². The van der Waals surface area contributed by atoms with Crippen molar-refractivity contribution in [1.29, 1.82) is 0 Å². The van der Waals surface area contributed by atoms with Gasteiger partial charge in [-0.3, -0.25) is 10.1 Å². The van der Waals surface area contributed by atoms with E-state index >= 15 is 0 Å². The fraction of sp³-hybridized carbons (Fsp3) is 0.0968. The first kappa shape index (κ1) is 59.2. The summed E-state index contributed by atoms with van der Waals surface area (Å²) in [6.07, 6.45) is 0. The number of aromatic nitrogens is 4. The lowest BCUT2D eigenvalue weighted by Crippen LogP contribution is -1.99. The van der Waals surface area contributed by atoms with Crippen LogP contribution in [0.1, 0.15) is 33.4 Å². The molecule has 0 saturated carbocycles. The molecule has 12 rings (SSSR count). The lowest BCUT2D eigenvalue weighted by molar-refractivity contribution is -0.384. The Kier molecular flexibility index (Phi) is 17.5. The first-order valence-corrected chi connectivity index (χ1v) is 25.8. The lowest BCUT2D eigenvalue weighted by atomic mass is 10.1. The first-order valence-electron chi connectivity index (χ1n) is 25.8. The summed E-state index contributed by atoms with van der Waals surface area (Å²) in [5, 5.41) is 63.5. The number of aromatic hydroxyl groups is 4. The van der Waals surface area contributed by atoms with E-state index < -0.39 is 28.2 Å². The molecule has 4 N–H and O–H groups in total. The molecule has 8 aromatic carbocycles. The predicted octanol–water partition coefficient (Wildman–Crippen LogP) is 16.4. The van der Waals surface area contributed by atoms with Crippen molar-refractivity contribution in [3.63, 3.8) is 0 Å². The van der Waals surface area contributed by atoms with Crippen LogP contribution >= 0.6 is 0 Å². The third-order valence-electron chi connectivity index (χ3n) is 13.9. The van der Waals surface area contributed by atoms with E-state index in [4.69, 9.17) is 0 Å². The highest BCUT2D eigenvalue weighted by Gasteiger charge is 2.22. The minimum absolute atomic E-state index is 0.0485.